The van der Waals surface area contributed by atoms with Gasteiger partial charge in [0.25, 0.3) is 5.91 Å². The van der Waals surface area contributed by atoms with Crippen LogP contribution in [0.25, 0.3) is 0 Å². The molecule has 1 aromatic carbocycles. The van der Waals surface area contributed by atoms with Gasteiger partial charge in [0.15, 0.2) is 6.61 Å². The number of ether oxygens (including phenoxy) is 1. The molecule has 0 spiro atoms. The molecule has 0 saturated carbocycles. The number of hydrogen-bond acceptors (Lipinski definition) is 4. The molecule has 0 bridgehead atoms. The number of halogens is 1. The van der Waals surface area contributed by atoms with Gasteiger partial charge < -0.3 is 20.7 Å². The lowest BCUT2D eigenvalue weighted by atomic mass is 10.0. The van der Waals surface area contributed by atoms with Crippen LogP contribution in [-0.2, 0) is 14.3 Å². The molecule has 1 unspecified atom stereocenters. The van der Waals surface area contributed by atoms with E-state index in [0.29, 0.717) is 23.7 Å². The van der Waals surface area contributed by atoms with E-state index in [1.165, 1.54) is 0 Å². The highest BCUT2D eigenvalue weighted by molar-refractivity contribution is 6.31. The zero-order valence-electron chi connectivity index (χ0n) is 14.6. The Morgan fingerprint density at radius 2 is 1.81 bits per heavy atom. The van der Waals surface area contributed by atoms with Crippen LogP contribution in [0.5, 0.6) is 0 Å². The topological polar surface area (TPSA) is 102 Å². The van der Waals surface area contributed by atoms with E-state index in [1.807, 2.05) is 0 Å². The van der Waals surface area contributed by atoms with Crippen molar-refractivity contribution in [2.75, 3.05) is 19.7 Å². The molecule has 1 atom stereocenters. The molecule has 0 aliphatic carbocycles. The van der Waals surface area contributed by atoms with Crippen LogP contribution in [0.15, 0.2) is 24.3 Å². The van der Waals surface area contributed by atoms with Gasteiger partial charge in [0.05, 0.1) is 12.5 Å². The lowest BCUT2D eigenvalue weighted by Gasteiger charge is -2.21. The van der Waals surface area contributed by atoms with Crippen molar-refractivity contribution in [3.8, 4) is 0 Å². The fourth-order valence-electron chi connectivity index (χ4n) is 2.95. The molecule has 0 aromatic heterocycles. The van der Waals surface area contributed by atoms with Crippen LogP contribution in [-0.4, -0.2) is 42.5 Å². The van der Waals surface area contributed by atoms with E-state index in [2.05, 4.69) is 5.32 Å². The lowest BCUT2D eigenvalue weighted by molar-refractivity contribution is -0.152. The Morgan fingerprint density at radius 1 is 1.15 bits per heavy atom. The second kappa shape index (κ2) is 10.0. The number of nitrogens with two attached hydrogens (primary N) is 1. The highest BCUT2D eigenvalue weighted by Crippen LogP contribution is 2.25. The largest absolute Gasteiger partial charge is 0.455 e. The number of amides is 3. The Hall–Kier alpha value is -2.28. The van der Waals surface area contributed by atoms with E-state index in [9.17, 15) is 14.4 Å². The predicted molar refractivity (Wildman–Crippen MR) is 97.5 cm³/mol. The van der Waals surface area contributed by atoms with E-state index < -0.39 is 18.0 Å². The molecular weight excluding hydrogens is 358 g/mol. The Balaban J connectivity index is 1.91. The van der Waals surface area contributed by atoms with Crippen LogP contribution in [0, 0.1) is 0 Å². The molecule has 7 nitrogen and oxygen atoms in total. The third-order valence-corrected chi connectivity index (χ3v) is 4.63. The smallest absolute Gasteiger partial charge is 0.312 e. The summed E-state index contributed by atoms with van der Waals surface area (Å²) < 4.78 is 5.11. The molecule has 3 amide bonds. The first-order chi connectivity index (χ1) is 12.5. The van der Waals surface area contributed by atoms with Crippen molar-refractivity contribution in [2.45, 2.75) is 38.1 Å². The van der Waals surface area contributed by atoms with Gasteiger partial charge in [-0.25, -0.2) is 4.79 Å². The summed E-state index contributed by atoms with van der Waals surface area (Å²) in [7, 11) is 0. The number of urea groups is 1. The van der Waals surface area contributed by atoms with Crippen molar-refractivity contribution in [3.05, 3.63) is 34.9 Å². The highest BCUT2D eigenvalue weighted by Gasteiger charge is 2.22. The van der Waals surface area contributed by atoms with Gasteiger partial charge in [-0.15, -0.1) is 0 Å². The van der Waals surface area contributed by atoms with Crippen molar-refractivity contribution < 1.29 is 19.1 Å². The van der Waals surface area contributed by atoms with Crippen molar-refractivity contribution in [2.24, 2.45) is 5.73 Å². The summed E-state index contributed by atoms with van der Waals surface area (Å²) in [6.45, 7) is 1.09. The van der Waals surface area contributed by atoms with Crippen LogP contribution in [0.2, 0.25) is 5.02 Å². The number of hydrogen-bond donors (Lipinski definition) is 2. The first-order valence-electron chi connectivity index (χ1n) is 8.71. The van der Waals surface area contributed by atoms with Gasteiger partial charge in [0.2, 0.25) is 0 Å². The van der Waals surface area contributed by atoms with Crippen molar-refractivity contribution >= 4 is 29.5 Å². The second-order valence-corrected chi connectivity index (χ2v) is 6.65. The minimum Gasteiger partial charge on any atom is -0.455 e. The maximum atomic E-state index is 12.2. The predicted octanol–water partition coefficient (Wildman–Crippen LogP) is 2.39. The van der Waals surface area contributed by atoms with Crippen molar-refractivity contribution in [1.29, 1.82) is 0 Å². The summed E-state index contributed by atoms with van der Waals surface area (Å²) in [5.41, 5.74) is 5.74. The highest BCUT2D eigenvalue weighted by atomic mass is 35.5. The van der Waals surface area contributed by atoms with Crippen LogP contribution >= 0.6 is 11.6 Å². The zero-order chi connectivity index (χ0) is 18.9. The van der Waals surface area contributed by atoms with Gasteiger partial charge >= 0.3 is 12.0 Å². The van der Waals surface area contributed by atoms with E-state index in [-0.39, 0.29) is 18.9 Å². The second-order valence-electron chi connectivity index (χ2n) is 6.24. The van der Waals surface area contributed by atoms with Gasteiger partial charge in [-0.3, -0.25) is 9.59 Å². The number of carbonyl (C=O) groups is 3. The molecule has 1 saturated heterocycles. The summed E-state index contributed by atoms with van der Waals surface area (Å²) in [5, 5.41) is 2.89. The molecule has 8 heteroatoms. The number of benzene rings is 1. The quantitative estimate of drug-likeness (QED) is 0.738. The summed E-state index contributed by atoms with van der Waals surface area (Å²) in [6, 6.07) is 5.33. The fourth-order valence-corrected chi connectivity index (χ4v) is 3.21. The molecule has 3 N–H and O–H groups in total. The van der Waals surface area contributed by atoms with Crippen LogP contribution < -0.4 is 11.1 Å². The lowest BCUT2D eigenvalue weighted by Crippen LogP contribution is -2.37. The molecule has 1 heterocycles. The number of rotatable bonds is 6. The Kier molecular flexibility index (Phi) is 7.72. The van der Waals surface area contributed by atoms with Gasteiger partial charge in [-0.2, -0.15) is 0 Å². The first kappa shape index (κ1) is 20.0. The van der Waals surface area contributed by atoms with Gasteiger partial charge in [-0.1, -0.05) is 42.6 Å². The number of likely N-dealkylation sites (tertiary alicyclic amines) is 1. The zero-order valence-corrected chi connectivity index (χ0v) is 15.3. The Morgan fingerprint density at radius 3 is 2.42 bits per heavy atom. The Labute approximate surface area is 157 Å². The maximum Gasteiger partial charge on any atom is 0.312 e. The molecule has 2 rings (SSSR count). The van der Waals surface area contributed by atoms with Gasteiger partial charge in [0.1, 0.15) is 0 Å². The number of carbonyl (C=O) groups excluding carboxylic acids is 3. The summed E-state index contributed by atoms with van der Waals surface area (Å²) in [4.78, 5) is 37.3. The molecule has 1 aliphatic rings. The summed E-state index contributed by atoms with van der Waals surface area (Å²) >= 11 is 6.13. The minimum absolute atomic E-state index is 0.167. The van der Waals surface area contributed by atoms with E-state index in [4.69, 9.17) is 22.1 Å². The molecule has 26 heavy (non-hydrogen) atoms. The van der Waals surface area contributed by atoms with Crippen molar-refractivity contribution in [3.63, 3.8) is 0 Å². The minimum atomic E-state index is -0.775. The maximum absolute atomic E-state index is 12.2. The first-order valence-corrected chi connectivity index (χ1v) is 9.09. The molecule has 142 valence electrons. The van der Waals surface area contributed by atoms with Crippen LogP contribution in [0.1, 0.15) is 43.7 Å². The van der Waals surface area contributed by atoms with E-state index in [1.54, 1.807) is 29.2 Å². The van der Waals surface area contributed by atoms with Gasteiger partial charge in [-0.05, 0) is 24.5 Å². The third-order valence-electron chi connectivity index (χ3n) is 4.28. The van der Waals surface area contributed by atoms with E-state index in [0.717, 1.165) is 25.7 Å². The molecule has 1 fully saturated rings. The average molecular weight is 382 g/mol. The van der Waals surface area contributed by atoms with Crippen LogP contribution in [0.4, 0.5) is 4.79 Å². The van der Waals surface area contributed by atoms with E-state index >= 15 is 0 Å². The molecule has 1 aliphatic heterocycles. The fraction of sp³-hybridized carbons (Fsp3) is 0.500. The Bertz CT molecular complexity index is 645. The average Bonchev–Trinajstić information content (AvgIpc) is 2.88. The summed E-state index contributed by atoms with van der Waals surface area (Å²) in [5.74, 6) is -0.802. The number of nitrogens with zero attached hydrogens (tertiary/aromatic N) is 1. The number of esters is 1. The third kappa shape index (κ3) is 6.22. The molecular formula is C18H24ClN3O4. The van der Waals surface area contributed by atoms with Gasteiger partial charge in [0, 0.05) is 18.1 Å². The molecule has 1 aromatic rings. The number of nitrogens with one attached hydrogen (secondary N) is 1. The molecule has 0 radical (unpaired) electrons. The summed E-state index contributed by atoms with van der Waals surface area (Å²) in [6.07, 6.45) is 4.00. The monoisotopic (exact) mass is 381 g/mol. The normalized spacial score (nSPS) is 15.7. The SMILES string of the molecule is NC(=O)NC(CC(=O)OCC(=O)N1CCCCCC1)c1ccccc1Cl. The van der Waals surface area contributed by atoms with Crippen molar-refractivity contribution in [1.82, 2.24) is 10.2 Å². The standard InChI is InChI=1S/C18H24ClN3O4/c19-14-8-4-3-7-13(14)15(21-18(20)25)11-17(24)26-12-16(23)22-9-5-1-2-6-10-22/h3-4,7-8,15H,1-2,5-6,9-12H2,(H3,20,21,25). The van der Waals surface area contributed by atoms with Crippen LogP contribution in [0.3, 0.4) is 0 Å². The number of primary amides is 1.